The predicted molar refractivity (Wildman–Crippen MR) is 119 cm³/mol. The van der Waals surface area contributed by atoms with Gasteiger partial charge < -0.3 is 14.6 Å². The highest BCUT2D eigenvalue weighted by atomic mass is 16.5. The van der Waals surface area contributed by atoms with Gasteiger partial charge in [-0.15, -0.1) is 5.10 Å². The van der Waals surface area contributed by atoms with Crippen molar-refractivity contribution in [3.8, 4) is 5.75 Å². The highest BCUT2D eigenvalue weighted by molar-refractivity contribution is 5.80. The van der Waals surface area contributed by atoms with Gasteiger partial charge in [-0.05, 0) is 67.1 Å². The second-order valence-electron chi connectivity index (χ2n) is 9.41. The minimum Gasteiger partial charge on any atom is -0.497 e. The van der Waals surface area contributed by atoms with Gasteiger partial charge in [-0.25, -0.2) is 4.68 Å². The molecule has 1 fully saturated rings. The van der Waals surface area contributed by atoms with Crippen LogP contribution >= 0.6 is 0 Å². The SMILES string of the molecule is CCC(C)(C)n1nnnc1[C@H](c1cc2ccc(OC)cc2[nH]c1=O)[NH+]1CCC[C@H](C)C1. The summed E-state index contributed by atoms with van der Waals surface area (Å²) in [5.41, 5.74) is 1.14. The molecule has 166 valence electrons. The fourth-order valence-corrected chi connectivity index (χ4v) is 4.63. The molecule has 1 unspecified atom stereocenters. The highest BCUT2D eigenvalue weighted by Crippen LogP contribution is 2.26. The second kappa shape index (κ2) is 8.42. The van der Waals surface area contributed by atoms with E-state index in [9.17, 15) is 4.79 Å². The number of benzene rings is 1. The summed E-state index contributed by atoms with van der Waals surface area (Å²) in [5, 5.41) is 13.8. The lowest BCUT2D eigenvalue weighted by Gasteiger charge is -2.35. The van der Waals surface area contributed by atoms with Crippen molar-refractivity contribution in [1.82, 2.24) is 25.2 Å². The van der Waals surface area contributed by atoms with E-state index in [1.54, 1.807) is 7.11 Å². The number of fused-ring (bicyclic) bond motifs is 1. The Kier molecular flexibility index (Phi) is 5.83. The third-order valence-corrected chi connectivity index (χ3v) is 6.80. The molecule has 4 rings (SSSR count). The molecule has 3 heterocycles. The van der Waals surface area contributed by atoms with Crippen molar-refractivity contribution in [3.63, 3.8) is 0 Å². The van der Waals surface area contributed by atoms with E-state index in [2.05, 4.69) is 48.2 Å². The van der Waals surface area contributed by atoms with E-state index in [0.29, 0.717) is 11.5 Å². The quantitative estimate of drug-likeness (QED) is 0.631. The molecule has 1 saturated heterocycles. The lowest BCUT2D eigenvalue weighted by Crippen LogP contribution is -3.14. The van der Waals surface area contributed by atoms with Crippen LogP contribution < -0.4 is 15.2 Å². The van der Waals surface area contributed by atoms with E-state index < -0.39 is 0 Å². The molecular formula is C23H33N6O2+. The fourth-order valence-electron chi connectivity index (χ4n) is 4.63. The zero-order valence-electron chi connectivity index (χ0n) is 19.1. The first-order valence-corrected chi connectivity index (χ1v) is 11.2. The Labute approximate surface area is 182 Å². The van der Waals surface area contributed by atoms with Gasteiger partial charge in [0, 0.05) is 12.0 Å². The van der Waals surface area contributed by atoms with Crippen molar-refractivity contribution in [2.24, 2.45) is 5.92 Å². The third kappa shape index (κ3) is 4.08. The molecule has 8 nitrogen and oxygen atoms in total. The van der Waals surface area contributed by atoms with E-state index in [1.165, 1.54) is 11.3 Å². The smallest absolute Gasteiger partial charge is 0.258 e. The normalized spacial score (nSPS) is 20.7. The van der Waals surface area contributed by atoms with Gasteiger partial charge in [0.1, 0.15) is 5.75 Å². The summed E-state index contributed by atoms with van der Waals surface area (Å²) in [6.45, 7) is 10.7. The number of aromatic nitrogens is 5. The standard InChI is InChI=1S/C23H32N6O2/c1-6-23(3,4)29-21(25-26-27-29)20(28-11-7-8-15(2)14-28)18-12-16-9-10-17(31-5)13-19(16)24-22(18)30/h9-10,12-13,15,20H,6-8,11,14H2,1-5H3,(H,24,30)/p+1/t15-,20-/m0/s1. The number of nitrogens with one attached hydrogen (secondary N) is 2. The van der Waals surface area contributed by atoms with Crippen LogP contribution in [-0.4, -0.2) is 45.4 Å². The average molecular weight is 426 g/mol. The van der Waals surface area contributed by atoms with Gasteiger partial charge >= 0.3 is 0 Å². The van der Waals surface area contributed by atoms with Gasteiger partial charge in [-0.2, -0.15) is 0 Å². The highest BCUT2D eigenvalue weighted by Gasteiger charge is 2.38. The van der Waals surface area contributed by atoms with Crippen LogP contribution in [0.2, 0.25) is 0 Å². The first-order valence-electron chi connectivity index (χ1n) is 11.2. The van der Waals surface area contributed by atoms with Gasteiger partial charge in [0.25, 0.3) is 5.56 Å². The second-order valence-corrected chi connectivity index (χ2v) is 9.41. The molecule has 1 aromatic carbocycles. The van der Waals surface area contributed by atoms with Gasteiger partial charge in [-0.1, -0.05) is 13.8 Å². The van der Waals surface area contributed by atoms with E-state index >= 15 is 0 Å². The molecule has 0 spiro atoms. The maximum Gasteiger partial charge on any atom is 0.258 e. The molecule has 0 amide bonds. The summed E-state index contributed by atoms with van der Waals surface area (Å²) in [6, 6.07) is 7.54. The first-order chi connectivity index (χ1) is 14.8. The van der Waals surface area contributed by atoms with E-state index in [1.807, 2.05) is 28.9 Å². The molecule has 3 aromatic rings. The van der Waals surface area contributed by atoms with E-state index in [-0.39, 0.29) is 17.1 Å². The minimum atomic E-state index is -0.241. The summed E-state index contributed by atoms with van der Waals surface area (Å²) in [5.74, 6) is 2.07. The molecule has 0 radical (unpaired) electrons. The number of ether oxygens (including phenoxy) is 1. The molecule has 0 saturated carbocycles. The summed E-state index contributed by atoms with van der Waals surface area (Å²) in [6.07, 6.45) is 3.24. The number of aromatic amines is 1. The maximum absolute atomic E-state index is 13.3. The number of H-pyrrole nitrogens is 1. The Hall–Kier alpha value is -2.74. The summed E-state index contributed by atoms with van der Waals surface area (Å²) < 4.78 is 7.23. The van der Waals surface area contributed by atoms with Crippen LogP contribution in [0, 0.1) is 5.92 Å². The number of rotatable bonds is 6. The maximum atomic E-state index is 13.3. The lowest BCUT2D eigenvalue weighted by atomic mass is 9.94. The van der Waals surface area contributed by atoms with Crippen molar-refractivity contribution in [2.45, 2.75) is 58.5 Å². The number of hydrogen-bond donors (Lipinski definition) is 2. The van der Waals surface area contributed by atoms with Gasteiger partial charge in [0.2, 0.25) is 5.82 Å². The number of hydrogen-bond acceptors (Lipinski definition) is 5. The third-order valence-electron chi connectivity index (χ3n) is 6.80. The van der Waals surface area contributed by atoms with Crippen LogP contribution in [0.3, 0.4) is 0 Å². The van der Waals surface area contributed by atoms with Gasteiger partial charge in [0.15, 0.2) is 6.04 Å². The summed E-state index contributed by atoms with van der Waals surface area (Å²) in [7, 11) is 1.62. The largest absolute Gasteiger partial charge is 0.497 e. The van der Waals surface area contributed by atoms with Crippen LogP contribution in [0.15, 0.2) is 29.1 Å². The minimum absolute atomic E-state index is 0.0969. The molecule has 0 aliphatic carbocycles. The number of tetrazole rings is 1. The molecule has 1 aliphatic heterocycles. The van der Waals surface area contributed by atoms with Crippen molar-refractivity contribution in [1.29, 1.82) is 0 Å². The summed E-state index contributed by atoms with van der Waals surface area (Å²) >= 11 is 0. The Morgan fingerprint density at radius 1 is 1.35 bits per heavy atom. The van der Waals surface area contributed by atoms with E-state index in [4.69, 9.17) is 4.74 Å². The molecule has 31 heavy (non-hydrogen) atoms. The van der Waals surface area contributed by atoms with E-state index in [0.717, 1.165) is 48.4 Å². The van der Waals surface area contributed by atoms with Crippen molar-refractivity contribution >= 4 is 10.9 Å². The number of piperidine rings is 1. The summed E-state index contributed by atoms with van der Waals surface area (Å²) in [4.78, 5) is 17.8. The van der Waals surface area contributed by atoms with Gasteiger partial charge in [0.05, 0.1) is 36.8 Å². The topological polar surface area (TPSA) is 90.1 Å². The Morgan fingerprint density at radius 3 is 2.87 bits per heavy atom. The number of pyridine rings is 1. The monoisotopic (exact) mass is 425 g/mol. The van der Waals surface area contributed by atoms with Crippen LogP contribution in [0.4, 0.5) is 0 Å². The molecule has 2 N–H and O–H groups in total. The molecule has 0 bridgehead atoms. The van der Waals surface area contributed by atoms with Crippen LogP contribution in [0.1, 0.15) is 64.4 Å². The Balaban J connectivity index is 1.89. The number of quaternary nitrogens is 1. The number of nitrogens with zero attached hydrogens (tertiary/aromatic N) is 4. The zero-order valence-corrected chi connectivity index (χ0v) is 19.1. The molecular weight excluding hydrogens is 392 g/mol. The van der Waals surface area contributed by atoms with Crippen molar-refractivity contribution < 1.29 is 9.64 Å². The average Bonchev–Trinajstić information content (AvgIpc) is 3.24. The van der Waals surface area contributed by atoms with Crippen LogP contribution in [0.25, 0.3) is 10.9 Å². The Morgan fingerprint density at radius 2 is 2.16 bits per heavy atom. The van der Waals surface area contributed by atoms with Crippen molar-refractivity contribution in [2.75, 3.05) is 20.2 Å². The van der Waals surface area contributed by atoms with Gasteiger partial charge in [-0.3, -0.25) is 4.79 Å². The van der Waals surface area contributed by atoms with Crippen molar-refractivity contribution in [3.05, 3.63) is 46.0 Å². The number of likely N-dealkylation sites (tertiary alicyclic amines) is 1. The van der Waals surface area contributed by atoms with Crippen LogP contribution in [0.5, 0.6) is 5.75 Å². The molecule has 8 heteroatoms. The predicted octanol–water partition coefficient (Wildman–Crippen LogP) is 2.07. The fraction of sp³-hybridized carbons (Fsp3) is 0.565. The Bertz CT molecular complexity index is 1120. The molecule has 1 aliphatic rings. The first kappa shape index (κ1) is 21.5. The number of methoxy groups -OCH3 is 1. The zero-order chi connectivity index (χ0) is 22.2. The van der Waals surface area contributed by atoms with Crippen LogP contribution in [-0.2, 0) is 5.54 Å². The lowest BCUT2D eigenvalue weighted by molar-refractivity contribution is -0.934. The molecule has 3 atom stereocenters. The molecule has 2 aromatic heterocycles.